The van der Waals surface area contributed by atoms with E-state index in [2.05, 4.69) is 5.10 Å². The molecule has 156 valence electrons. The summed E-state index contributed by atoms with van der Waals surface area (Å²) in [6, 6.07) is 10.7. The minimum Gasteiger partial charge on any atom is -0.480 e. The summed E-state index contributed by atoms with van der Waals surface area (Å²) < 4.78 is 42.8. The molecular weight excluding hydrogens is 409 g/mol. The predicted molar refractivity (Wildman–Crippen MR) is 111 cm³/mol. The maximum Gasteiger partial charge on any atom is 0.323 e. The number of hydrogen-bond acceptors (Lipinski definition) is 4. The molecule has 1 aliphatic heterocycles. The van der Waals surface area contributed by atoms with E-state index in [1.54, 1.807) is 29.7 Å². The summed E-state index contributed by atoms with van der Waals surface area (Å²) in [4.78, 5) is 11.5. The van der Waals surface area contributed by atoms with E-state index in [0.717, 1.165) is 4.41 Å². The molecule has 0 radical (unpaired) electrons. The van der Waals surface area contributed by atoms with Crippen LogP contribution in [-0.4, -0.2) is 40.7 Å². The van der Waals surface area contributed by atoms with E-state index >= 15 is 0 Å². The van der Waals surface area contributed by atoms with Gasteiger partial charge in [-0.2, -0.15) is 17.9 Å². The molecule has 0 saturated heterocycles. The van der Waals surface area contributed by atoms with Crippen molar-refractivity contribution < 1.29 is 22.7 Å². The fourth-order valence-electron chi connectivity index (χ4n) is 3.86. The number of halogens is 1. The molecule has 0 atom stereocenters. The van der Waals surface area contributed by atoms with Gasteiger partial charge in [0, 0.05) is 27.7 Å². The largest absolute Gasteiger partial charge is 0.480 e. The van der Waals surface area contributed by atoms with Crippen LogP contribution in [-0.2, 0) is 21.4 Å². The molecule has 0 unspecified atom stereocenters. The van der Waals surface area contributed by atoms with Crippen LogP contribution in [0, 0.1) is 12.7 Å². The van der Waals surface area contributed by atoms with E-state index in [9.17, 15) is 22.7 Å². The Bertz CT molecular complexity index is 1310. The highest BCUT2D eigenvalue weighted by Gasteiger charge is 2.34. The van der Waals surface area contributed by atoms with E-state index in [1.807, 2.05) is 6.92 Å². The number of sulfonamides is 1. The molecule has 1 aromatic heterocycles. The maximum atomic E-state index is 14.1. The lowest BCUT2D eigenvalue weighted by molar-refractivity contribution is -0.137. The van der Waals surface area contributed by atoms with Crippen LogP contribution in [0.1, 0.15) is 30.2 Å². The first-order valence-electron chi connectivity index (χ1n) is 9.47. The first-order chi connectivity index (χ1) is 14.3. The molecule has 30 heavy (non-hydrogen) atoms. The molecule has 9 heteroatoms. The smallest absolute Gasteiger partial charge is 0.323 e. The zero-order valence-electron chi connectivity index (χ0n) is 16.5. The van der Waals surface area contributed by atoms with Crippen LogP contribution in [0.3, 0.4) is 0 Å². The Morgan fingerprint density at radius 2 is 1.93 bits per heavy atom. The Labute approximate surface area is 173 Å². The molecule has 0 amide bonds. The lowest BCUT2D eigenvalue weighted by atomic mass is 9.99. The SMILES string of the molecule is CCCN1N=C(c2c(C)n(CC(=O)O)c3ccc(F)cc23)c2ccccc2S1(=O)=O. The van der Waals surface area contributed by atoms with Crippen LogP contribution in [0.5, 0.6) is 0 Å². The second-order valence-electron chi connectivity index (χ2n) is 7.10. The molecule has 4 rings (SSSR count). The van der Waals surface area contributed by atoms with E-state index < -0.39 is 21.8 Å². The van der Waals surface area contributed by atoms with Crippen LogP contribution in [0.15, 0.2) is 52.5 Å². The van der Waals surface area contributed by atoms with Crippen LogP contribution >= 0.6 is 0 Å². The van der Waals surface area contributed by atoms with Gasteiger partial charge in [0.2, 0.25) is 0 Å². The Hall–Kier alpha value is -3.20. The molecule has 1 aliphatic rings. The predicted octanol–water partition coefficient (Wildman–Crippen LogP) is 3.34. The van der Waals surface area contributed by atoms with Gasteiger partial charge in [-0.25, -0.2) is 4.39 Å². The number of hydrogen-bond donors (Lipinski definition) is 1. The summed E-state index contributed by atoms with van der Waals surface area (Å²) >= 11 is 0. The van der Waals surface area contributed by atoms with Crippen molar-refractivity contribution in [2.45, 2.75) is 31.7 Å². The van der Waals surface area contributed by atoms with Gasteiger partial charge in [0.05, 0.1) is 11.4 Å². The third-order valence-electron chi connectivity index (χ3n) is 5.14. The first kappa shape index (κ1) is 20.1. The average Bonchev–Trinajstić information content (AvgIpc) is 2.95. The number of hydrazone groups is 1. The van der Waals surface area contributed by atoms with Gasteiger partial charge < -0.3 is 9.67 Å². The molecule has 7 nitrogen and oxygen atoms in total. The number of nitrogens with zero attached hydrogens (tertiary/aromatic N) is 3. The molecule has 2 aromatic carbocycles. The van der Waals surface area contributed by atoms with Crippen molar-refractivity contribution in [1.82, 2.24) is 8.98 Å². The minimum atomic E-state index is -3.80. The number of carbonyl (C=O) groups is 1. The summed E-state index contributed by atoms with van der Waals surface area (Å²) in [5.74, 6) is -1.51. The van der Waals surface area contributed by atoms with Gasteiger partial charge in [-0.05, 0) is 37.6 Å². The second-order valence-corrected chi connectivity index (χ2v) is 8.91. The lowest BCUT2D eigenvalue weighted by Crippen LogP contribution is -2.34. The molecule has 3 aromatic rings. The van der Waals surface area contributed by atoms with Crippen LogP contribution in [0.4, 0.5) is 4.39 Å². The van der Waals surface area contributed by atoms with Gasteiger partial charge in [-0.15, -0.1) is 0 Å². The summed E-state index contributed by atoms with van der Waals surface area (Å²) in [6.07, 6.45) is 0.562. The standard InChI is InChI=1S/C21H20FN3O4S/c1-3-10-25-23-21(15-6-4-5-7-18(15)30(25,28)29)20-13(2)24(12-19(26)27)17-9-8-14(22)11-16(17)20/h4-9,11H,3,10,12H2,1-2H3,(H,26,27). The number of rotatable bonds is 5. The lowest BCUT2D eigenvalue weighted by Gasteiger charge is -2.27. The topological polar surface area (TPSA) is 92.0 Å². The van der Waals surface area contributed by atoms with Crippen LogP contribution < -0.4 is 0 Å². The highest BCUT2D eigenvalue weighted by Crippen LogP contribution is 2.34. The van der Waals surface area contributed by atoms with Gasteiger partial charge in [-0.1, -0.05) is 25.1 Å². The van der Waals surface area contributed by atoms with E-state index in [1.165, 1.54) is 24.3 Å². The zero-order chi connectivity index (χ0) is 21.6. The van der Waals surface area contributed by atoms with Gasteiger partial charge >= 0.3 is 5.97 Å². The third-order valence-corrected chi connectivity index (χ3v) is 6.87. The summed E-state index contributed by atoms with van der Waals surface area (Å²) in [7, 11) is -3.80. The van der Waals surface area contributed by atoms with Crippen molar-refractivity contribution in [3.8, 4) is 0 Å². The quantitative estimate of drug-likeness (QED) is 0.673. The molecular formula is C21H20FN3O4S. The van der Waals surface area contributed by atoms with E-state index in [-0.39, 0.29) is 18.0 Å². The number of aliphatic carboxylic acids is 1. The monoisotopic (exact) mass is 429 g/mol. The van der Waals surface area contributed by atoms with Crippen molar-refractivity contribution in [3.63, 3.8) is 0 Å². The van der Waals surface area contributed by atoms with Crippen LogP contribution in [0.25, 0.3) is 10.9 Å². The fourth-order valence-corrected chi connectivity index (χ4v) is 5.39. The average molecular weight is 429 g/mol. The number of carboxylic acids is 1. The number of aromatic nitrogens is 1. The third kappa shape index (κ3) is 3.06. The summed E-state index contributed by atoms with van der Waals surface area (Å²) in [6.45, 7) is 3.47. The fraction of sp³-hybridized carbons (Fsp3) is 0.238. The molecule has 0 fully saturated rings. The molecule has 2 heterocycles. The van der Waals surface area contributed by atoms with Crippen molar-refractivity contribution in [2.24, 2.45) is 5.10 Å². The Balaban J connectivity index is 2.08. The minimum absolute atomic E-state index is 0.124. The van der Waals surface area contributed by atoms with Gasteiger partial charge in [0.25, 0.3) is 10.0 Å². The maximum absolute atomic E-state index is 14.1. The number of fused-ring (bicyclic) bond motifs is 2. The molecule has 0 aliphatic carbocycles. The number of benzene rings is 2. The van der Waals surface area contributed by atoms with Crippen LogP contribution in [0.2, 0.25) is 0 Å². The summed E-state index contributed by atoms with van der Waals surface area (Å²) in [5.41, 5.74) is 2.43. The Kier molecular flexibility index (Phi) is 4.85. The second kappa shape index (κ2) is 7.24. The zero-order valence-corrected chi connectivity index (χ0v) is 17.3. The molecule has 0 bridgehead atoms. The van der Waals surface area contributed by atoms with Gasteiger partial charge in [0.1, 0.15) is 18.1 Å². The molecule has 0 saturated carbocycles. The van der Waals surface area contributed by atoms with Crippen molar-refractivity contribution in [2.75, 3.05) is 6.54 Å². The van der Waals surface area contributed by atoms with Crippen molar-refractivity contribution >= 4 is 32.6 Å². The highest BCUT2D eigenvalue weighted by atomic mass is 32.2. The highest BCUT2D eigenvalue weighted by molar-refractivity contribution is 7.89. The molecule has 0 spiro atoms. The van der Waals surface area contributed by atoms with Crippen molar-refractivity contribution in [1.29, 1.82) is 0 Å². The van der Waals surface area contributed by atoms with Crippen molar-refractivity contribution in [3.05, 3.63) is 65.1 Å². The summed E-state index contributed by atoms with van der Waals surface area (Å²) in [5, 5.41) is 14.3. The molecule has 1 N–H and O–H groups in total. The van der Waals surface area contributed by atoms with Gasteiger partial charge in [0.15, 0.2) is 0 Å². The first-order valence-corrected chi connectivity index (χ1v) is 10.9. The Morgan fingerprint density at radius 1 is 1.20 bits per heavy atom. The Morgan fingerprint density at radius 3 is 2.63 bits per heavy atom. The number of carboxylic acid groups (broad SMARTS) is 1. The van der Waals surface area contributed by atoms with E-state index in [0.29, 0.717) is 39.9 Å². The van der Waals surface area contributed by atoms with E-state index in [4.69, 9.17) is 0 Å². The van der Waals surface area contributed by atoms with Gasteiger partial charge in [-0.3, -0.25) is 4.79 Å². The normalized spacial score (nSPS) is 15.2.